The van der Waals surface area contributed by atoms with Gasteiger partial charge in [0.25, 0.3) is 0 Å². The zero-order valence-corrected chi connectivity index (χ0v) is 12.9. The highest BCUT2D eigenvalue weighted by molar-refractivity contribution is 5.61. The molecule has 0 spiro atoms. The van der Waals surface area contributed by atoms with Crippen molar-refractivity contribution in [3.05, 3.63) is 53.2 Å². The molecular weight excluding hydrogens is 246 g/mol. The van der Waals surface area contributed by atoms with E-state index in [4.69, 9.17) is 0 Å². The van der Waals surface area contributed by atoms with Crippen LogP contribution in [0.4, 0.5) is 11.5 Å². The van der Waals surface area contributed by atoms with E-state index in [0.717, 1.165) is 5.82 Å². The van der Waals surface area contributed by atoms with E-state index in [9.17, 15) is 0 Å². The van der Waals surface area contributed by atoms with Crippen molar-refractivity contribution in [3.63, 3.8) is 0 Å². The minimum absolute atomic E-state index is 0.322. The Labute approximate surface area is 121 Å². The number of nitrogens with zero attached hydrogens (tertiary/aromatic N) is 2. The van der Waals surface area contributed by atoms with Crippen LogP contribution in [0.25, 0.3) is 0 Å². The summed E-state index contributed by atoms with van der Waals surface area (Å²) in [6.45, 7) is 6.37. The summed E-state index contributed by atoms with van der Waals surface area (Å²) in [4.78, 5) is 6.69. The van der Waals surface area contributed by atoms with Gasteiger partial charge in [0, 0.05) is 25.0 Å². The highest BCUT2D eigenvalue weighted by Crippen LogP contribution is 2.24. The molecule has 1 heterocycles. The monoisotopic (exact) mass is 269 g/mol. The molecule has 106 valence electrons. The minimum atomic E-state index is 0.322. The summed E-state index contributed by atoms with van der Waals surface area (Å²) >= 11 is 0. The molecule has 0 fully saturated rings. The Bertz CT molecular complexity index is 555. The summed E-state index contributed by atoms with van der Waals surface area (Å²) in [6.07, 6.45) is 1.94. The van der Waals surface area contributed by atoms with E-state index < -0.39 is 0 Å². The Morgan fingerprint density at radius 3 is 2.25 bits per heavy atom. The van der Waals surface area contributed by atoms with E-state index in [0.29, 0.717) is 6.04 Å². The molecule has 0 saturated heterocycles. The molecule has 20 heavy (non-hydrogen) atoms. The van der Waals surface area contributed by atoms with Gasteiger partial charge in [-0.1, -0.05) is 12.1 Å². The molecule has 3 nitrogen and oxygen atoms in total. The fraction of sp³-hybridized carbons (Fsp3) is 0.353. The van der Waals surface area contributed by atoms with Crippen molar-refractivity contribution in [2.75, 3.05) is 19.0 Å². The van der Waals surface area contributed by atoms with Gasteiger partial charge in [-0.05, 0) is 62.7 Å². The van der Waals surface area contributed by atoms with Crippen LogP contribution in [-0.2, 0) is 0 Å². The first-order chi connectivity index (χ1) is 9.51. The Kier molecular flexibility index (Phi) is 4.40. The molecule has 0 aliphatic carbocycles. The predicted octanol–water partition coefficient (Wildman–Crippen LogP) is 3.75. The highest BCUT2D eigenvalue weighted by Gasteiger charge is 2.08. The number of anilines is 2. The Morgan fingerprint density at radius 2 is 1.75 bits per heavy atom. The first-order valence-corrected chi connectivity index (χ1v) is 6.96. The SMILES string of the molecule is CNC(C)c1ccc(N(C)c2cc(C)cc(C)c2)nc1. The van der Waals surface area contributed by atoms with Crippen molar-refractivity contribution < 1.29 is 0 Å². The van der Waals surface area contributed by atoms with Crippen molar-refractivity contribution in [2.45, 2.75) is 26.8 Å². The standard InChI is InChI=1S/C17H23N3/c1-12-8-13(2)10-16(9-12)20(5)17-7-6-15(11-19-17)14(3)18-4/h6-11,14,18H,1-5H3. The predicted molar refractivity (Wildman–Crippen MR) is 85.7 cm³/mol. The largest absolute Gasteiger partial charge is 0.329 e. The lowest BCUT2D eigenvalue weighted by molar-refractivity contribution is 0.649. The van der Waals surface area contributed by atoms with E-state index in [-0.39, 0.29) is 0 Å². The second kappa shape index (κ2) is 6.06. The minimum Gasteiger partial charge on any atom is -0.329 e. The van der Waals surface area contributed by atoms with Gasteiger partial charge in [-0.3, -0.25) is 0 Å². The van der Waals surface area contributed by atoms with Gasteiger partial charge in [-0.2, -0.15) is 0 Å². The Morgan fingerprint density at radius 1 is 1.10 bits per heavy atom. The summed E-state index contributed by atoms with van der Waals surface area (Å²) in [6, 6.07) is 11.1. The number of aryl methyl sites for hydroxylation is 2. The molecule has 1 aromatic carbocycles. The maximum atomic E-state index is 4.57. The third-order valence-electron chi connectivity index (χ3n) is 3.64. The molecule has 0 radical (unpaired) electrons. The van der Waals surface area contributed by atoms with Crippen LogP contribution in [0, 0.1) is 13.8 Å². The van der Waals surface area contributed by atoms with Gasteiger partial charge in [-0.15, -0.1) is 0 Å². The number of aromatic nitrogens is 1. The van der Waals surface area contributed by atoms with Gasteiger partial charge >= 0.3 is 0 Å². The van der Waals surface area contributed by atoms with Gasteiger partial charge in [-0.25, -0.2) is 4.98 Å². The highest BCUT2D eigenvalue weighted by atomic mass is 15.2. The normalized spacial score (nSPS) is 12.2. The lowest BCUT2D eigenvalue weighted by Gasteiger charge is -2.20. The van der Waals surface area contributed by atoms with E-state index in [1.165, 1.54) is 22.4 Å². The molecule has 0 aliphatic heterocycles. The molecule has 1 N–H and O–H groups in total. The van der Waals surface area contributed by atoms with Gasteiger partial charge in [0.1, 0.15) is 5.82 Å². The molecule has 1 atom stereocenters. The number of hydrogen-bond donors (Lipinski definition) is 1. The molecule has 3 heteroatoms. The Balaban J connectivity index is 2.26. The van der Waals surface area contributed by atoms with Crippen LogP contribution in [0.5, 0.6) is 0 Å². The summed E-state index contributed by atoms with van der Waals surface area (Å²) in [5.41, 5.74) is 4.91. The summed E-state index contributed by atoms with van der Waals surface area (Å²) in [5.74, 6) is 0.960. The molecule has 0 aliphatic rings. The molecule has 0 amide bonds. The van der Waals surface area contributed by atoms with Crippen LogP contribution in [0.15, 0.2) is 36.5 Å². The van der Waals surface area contributed by atoms with E-state index in [2.05, 4.69) is 73.4 Å². The molecule has 0 saturated carbocycles. The average molecular weight is 269 g/mol. The lowest BCUT2D eigenvalue weighted by atomic mass is 10.1. The van der Waals surface area contributed by atoms with E-state index in [1.807, 2.05) is 13.2 Å². The number of pyridine rings is 1. The van der Waals surface area contributed by atoms with Crippen LogP contribution < -0.4 is 10.2 Å². The fourth-order valence-electron chi connectivity index (χ4n) is 2.30. The topological polar surface area (TPSA) is 28.2 Å². The first kappa shape index (κ1) is 14.5. The van der Waals surface area contributed by atoms with Crippen LogP contribution in [-0.4, -0.2) is 19.1 Å². The maximum Gasteiger partial charge on any atom is 0.132 e. The summed E-state index contributed by atoms with van der Waals surface area (Å²) < 4.78 is 0. The van der Waals surface area contributed by atoms with Crippen molar-refractivity contribution >= 4 is 11.5 Å². The molecular formula is C17H23N3. The van der Waals surface area contributed by atoms with Gasteiger partial charge in [0.15, 0.2) is 0 Å². The quantitative estimate of drug-likeness (QED) is 0.916. The van der Waals surface area contributed by atoms with Crippen molar-refractivity contribution in [1.82, 2.24) is 10.3 Å². The Hall–Kier alpha value is -1.87. The number of nitrogens with one attached hydrogen (secondary N) is 1. The molecule has 2 rings (SSSR count). The fourth-order valence-corrected chi connectivity index (χ4v) is 2.30. The molecule has 1 unspecified atom stereocenters. The van der Waals surface area contributed by atoms with Crippen LogP contribution in [0.1, 0.15) is 29.7 Å². The van der Waals surface area contributed by atoms with Crippen LogP contribution >= 0.6 is 0 Å². The number of hydrogen-bond acceptors (Lipinski definition) is 3. The van der Waals surface area contributed by atoms with Crippen molar-refractivity contribution in [2.24, 2.45) is 0 Å². The third kappa shape index (κ3) is 3.17. The molecule has 1 aromatic heterocycles. The maximum absolute atomic E-state index is 4.57. The van der Waals surface area contributed by atoms with Crippen molar-refractivity contribution in [3.8, 4) is 0 Å². The van der Waals surface area contributed by atoms with Gasteiger partial charge < -0.3 is 10.2 Å². The van der Waals surface area contributed by atoms with Crippen LogP contribution in [0.3, 0.4) is 0 Å². The van der Waals surface area contributed by atoms with E-state index >= 15 is 0 Å². The van der Waals surface area contributed by atoms with Crippen molar-refractivity contribution in [1.29, 1.82) is 0 Å². The molecule has 0 bridgehead atoms. The van der Waals surface area contributed by atoms with E-state index in [1.54, 1.807) is 0 Å². The van der Waals surface area contributed by atoms with Gasteiger partial charge in [0.2, 0.25) is 0 Å². The molecule has 2 aromatic rings. The summed E-state index contributed by atoms with van der Waals surface area (Å²) in [7, 11) is 4.01. The zero-order chi connectivity index (χ0) is 14.7. The third-order valence-corrected chi connectivity index (χ3v) is 3.64. The number of rotatable bonds is 4. The zero-order valence-electron chi connectivity index (χ0n) is 12.9. The van der Waals surface area contributed by atoms with Gasteiger partial charge in [0.05, 0.1) is 0 Å². The lowest BCUT2D eigenvalue weighted by Crippen LogP contribution is -2.14. The smallest absolute Gasteiger partial charge is 0.132 e. The second-order valence-corrected chi connectivity index (χ2v) is 5.37. The second-order valence-electron chi connectivity index (χ2n) is 5.37. The first-order valence-electron chi connectivity index (χ1n) is 6.96. The van der Waals surface area contributed by atoms with Crippen LogP contribution in [0.2, 0.25) is 0 Å². The summed E-state index contributed by atoms with van der Waals surface area (Å²) in [5, 5.41) is 3.22. The number of benzene rings is 1. The average Bonchev–Trinajstić information content (AvgIpc) is 2.45.